The molecule has 0 aliphatic heterocycles. The molecule has 0 radical (unpaired) electrons. The number of carbonyl (C=O) groups excluding carboxylic acids is 1. The molecule has 11 nitrogen and oxygen atoms in total. The van der Waals surface area contributed by atoms with Gasteiger partial charge in [-0.1, -0.05) is 30.4 Å². The maximum atomic E-state index is 13.2. The summed E-state index contributed by atoms with van der Waals surface area (Å²) in [7, 11) is 0. The van der Waals surface area contributed by atoms with Crippen LogP contribution in [0.4, 0.5) is 27.9 Å². The van der Waals surface area contributed by atoms with Gasteiger partial charge in [-0.05, 0) is 48.9 Å². The van der Waals surface area contributed by atoms with Gasteiger partial charge in [0.1, 0.15) is 11.6 Å². The van der Waals surface area contributed by atoms with Crippen molar-refractivity contribution >= 4 is 29.4 Å². The minimum atomic E-state index is -0.455. The van der Waals surface area contributed by atoms with Gasteiger partial charge in [0.15, 0.2) is 0 Å². The summed E-state index contributed by atoms with van der Waals surface area (Å²) in [6, 6.07) is 12.2. The summed E-state index contributed by atoms with van der Waals surface area (Å²) in [4.78, 5) is 25.4. The monoisotopic (exact) mass is 549 g/mol. The third-order valence-electron chi connectivity index (χ3n) is 5.57. The molecule has 1 heterocycles. The Hall–Kier alpha value is -4.55. The normalized spacial score (nSPS) is 14.1. The first-order chi connectivity index (χ1) is 19.5. The van der Waals surface area contributed by atoms with Crippen molar-refractivity contribution in [2.24, 2.45) is 0 Å². The average Bonchev–Trinajstić information content (AvgIpc) is 2.95. The van der Waals surface area contributed by atoms with Crippen molar-refractivity contribution in [2.45, 2.75) is 12.5 Å². The third kappa shape index (κ3) is 9.64. The van der Waals surface area contributed by atoms with Crippen molar-refractivity contribution in [2.75, 3.05) is 55.5 Å². The Kier molecular flexibility index (Phi) is 10.8. The van der Waals surface area contributed by atoms with Gasteiger partial charge in [0.25, 0.3) is 5.91 Å². The van der Waals surface area contributed by atoms with Crippen molar-refractivity contribution in [1.29, 1.82) is 0 Å². The molecule has 0 spiro atoms. The number of rotatable bonds is 15. The van der Waals surface area contributed by atoms with Gasteiger partial charge in [-0.2, -0.15) is 15.0 Å². The molecule has 0 bridgehead atoms. The number of nitrogens with zero attached hydrogens (tertiary/aromatic N) is 3. The van der Waals surface area contributed by atoms with Crippen LogP contribution in [0.3, 0.4) is 0 Å². The van der Waals surface area contributed by atoms with E-state index < -0.39 is 5.82 Å². The zero-order valence-corrected chi connectivity index (χ0v) is 21.8. The van der Waals surface area contributed by atoms with Crippen LogP contribution in [0.25, 0.3) is 0 Å². The van der Waals surface area contributed by atoms with E-state index in [1.54, 1.807) is 30.3 Å². The molecule has 1 aliphatic rings. The number of allylic oxidation sites excluding steroid dienone is 2. The zero-order valence-electron chi connectivity index (χ0n) is 21.8. The fourth-order valence-corrected chi connectivity index (χ4v) is 3.63. The SMILES string of the molecule is O=C(NCCOCCOCCNc1nc(Nc2ccc(O)cc2)nc(NC2C=CC=CC2)n1)c1cccc(F)c1. The van der Waals surface area contributed by atoms with E-state index in [0.29, 0.717) is 57.4 Å². The van der Waals surface area contributed by atoms with Gasteiger partial charge >= 0.3 is 0 Å². The van der Waals surface area contributed by atoms with Crippen LogP contribution in [-0.4, -0.2) is 71.5 Å². The molecule has 12 heteroatoms. The molecule has 0 saturated heterocycles. The number of benzene rings is 2. The van der Waals surface area contributed by atoms with Crippen LogP contribution >= 0.6 is 0 Å². The number of hydrogen-bond acceptors (Lipinski definition) is 10. The maximum Gasteiger partial charge on any atom is 0.251 e. The lowest BCUT2D eigenvalue weighted by Crippen LogP contribution is -2.27. The highest BCUT2D eigenvalue weighted by atomic mass is 19.1. The van der Waals surface area contributed by atoms with Gasteiger partial charge in [0.2, 0.25) is 17.8 Å². The first-order valence-electron chi connectivity index (χ1n) is 12.9. The quantitative estimate of drug-likeness (QED) is 0.141. The van der Waals surface area contributed by atoms with E-state index >= 15 is 0 Å². The molecule has 3 aromatic rings. The standard InChI is InChI=1S/C28H32FN7O4/c29-21-6-4-5-20(19-21)25(38)30-13-15-39-17-18-40-16-14-31-26-34-27(32-22-7-2-1-3-8-22)36-28(35-26)33-23-9-11-24(37)12-10-23/h1-7,9-12,19,22,37H,8,13-18H2,(H,30,38)(H3,31,32,33,34,35,36). The van der Waals surface area contributed by atoms with Crippen LogP contribution in [-0.2, 0) is 9.47 Å². The van der Waals surface area contributed by atoms with Crippen LogP contribution < -0.4 is 21.3 Å². The Morgan fingerprint density at radius 3 is 2.42 bits per heavy atom. The molecular weight excluding hydrogens is 517 g/mol. The fourth-order valence-electron chi connectivity index (χ4n) is 3.63. The summed E-state index contributed by atoms with van der Waals surface area (Å²) in [5, 5.41) is 21.8. The largest absolute Gasteiger partial charge is 0.508 e. The second kappa shape index (κ2) is 15.1. The van der Waals surface area contributed by atoms with Crippen LogP contribution in [0.2, 0.25) is 0 Å². The van der Waals surface area contributed by atoms with Crippen LogP contribution in [0, 0.1) is 5.82 Å². The average molecular weight is 550 g/mol. The summed E-state index contributed by atoms with van der Waals surface area (Å²) in [5.74, 6) is 0.505. The Labute approximate surface area is 231 Å². The van der Waals surface area contributed by atoms with Crippen molar-refractivity contribution in [3.63, 3.8) is 0 Å². The van der Waals surface area contributed by atoms with E-state index in [4.69, 9.17) is 9.47 Å². The van der Waals surface area contributed by atoms with E-state index in [0.717, 1.165) is 12.1 Å². The molecule has 1 amide bonds. The predicted octanol–water partition coefficient (Wildman–Crippen LogP) is 3.63. The Morgan fingerprint density at radius 2 is 1.68 bits per heavy atom. The Morgan fingerprint density at radius 1 is 0.925 bits per heavy atom. The Balaban J connectivity index is 1.17. The van der Waals surface area contributed by atoms with Gasteiger partial charge in [0.05, 0.1) is 32.5 Å². The highest BCUT2D eigenvalue weighted by Crippen LogP contribution is 2.19. The number of hydrogen-bond donors (Lipinski definition) is 5. The van der Waals surface area contributed by atoms with Crippen molar-refractivity contribution in [3.05, 3.63) is 84.2 Å². The number of ether oxygens (including phenoxy) is 2. The van der Waals surface area contributed by atoms with Crippen LogP contribution in [0.1, 0.15) is 16.8 Å². The van der Waals surface area contributed by atoms with Gasteiger partial charge < -0.3 is 35.8 Å². The predicted molar refractivity (Wildman–Crippen MR) is 150 cm³/mol. The number of phenols is 1. The summed E-state index contributed by atoms with van der Waals surface area (Å²) in [5.41, 5.74) is 0.987. The second-order valence-corrected chi connectivity index (χ2v) is 8.70. The molecule has 40 heavy (non-hydrogen) atoms. The topological polar surface area (TPSA) is 143 Å². The van der Waals surface area contributed by atoms with Crippen molar-refractivity contribution < 1.29 is 23.8 Å². The van der Waals surface area contributed by atoms with E-state index in [9.17, 15) is 14.3 Å². The summed E-state index contributed by atoms with van der Waals surface area (Å²) in [6.07, 6.45) is 8.90. The lowest BCUT2D eigenvalue weighted by atomic mass is 10.1. The molecule has 5 N–H and O–H groups in total. The maximum absolute atomic E-state index is 13.2. The molecule has 1 aromatic heterocycles. The number of anilines is 4. The third-order valence-corrected chi connectivity index (χ3v) is 5.57. The summed E-state index contributed by atoms with van der Waals surface area (Å²) >= 11 is 0. The highest BCUT2D eigenvalue weighted by molar-refractivity contribution is 5.94. The molecular formula is C28H32FN7O4. The second-order valence-electron chi connectivity index (χ2n) is 8.70. The summed E-state index contributed by atoms with van der Waals surface area (Å²) < 4.78 is 24.3. The first kappa shape index (κ1) is 28.5. The highest BCUT2D eigenvalue weighted by Gasteiger charge is 2.11. The Bertz CT molecular complexity index is 1300. The van der Waals surface area contributed by atoms with Gasteiger partial charge in [-0.3, -0.25) is 4.79 Å². The molecule has 2 aromatic carbocycles. The van der Waals surface area contributed by atoms with Crippen LogP contribution in [0.15, 0.2) is 72.8 Å². The summed E-state index contributed by atoms with van der Waals surface area (Å²) in [6.45, 7) is 2.20. The lowest BCUT2D eigenvalue weighted by molar-refractivity contribution is 0.0519. The fraction of sp³-hybridized carbons (Fsp3) is 0.286. The number of aromatic hydroxyl groups is 1. The minimum absolute atomic E-state index is 0.0692. The smallest absolute Gasteiger partial charge is 0.251 e. The van der Waals surface area contributed by atoms with Gasteiger partial charge in [0, 0.05) is 24.3 Å². The van der Waals surface area contributed by atoms with Crippen LogP contribution in [0.5, 0.6) is 5.75 Å². The number of halogens is 1. The molecule has 1 unspecified atom stereocenters. The van der Waals surface area contributed by atoms with Crippen molar-refractivity contribution in [1.82, 2.24) is 20.3 Å². The van der Waals surface area contributed by atoms with E-state index in [2.05, 4.69) is 42.3 Å². The van der Waals surface area contributed by atoms with E-state index in [1.165, 1.54) is 18.2 Å². The number of amides is 1. The number of carbonyl (C=O) groups is 1. The number of phenolic OH excluding ortho intramolecular Hbond substituents is 1. The zero-order chi connectivity index (χ0) is 28.0. The van der Waals surface area contributed by atoms with E-state index in [-0.39, 0.29) is 23.3 Å². The first-order valence-corrected chi connectivity index (χ1v) is 12.9. The molecule has 0 saturated carbocycles. The minimum Gasteiger partial charge on any atom is -0.508 e. The van der Waals surface area contributed by atoms with Crippen molar-refractivity contribution in [3.8, 4) is 5.75 Å². The van der Waals surface area contributed by atoms with E-state index in [1.807, 2.05) is 18.2 Å². The van der Waals surface area contributed by atoms with Gasteiger partial charge in [-0.25, -0.2) is 4.39 Å². The molecule has 1 atom stereocenters. The molecule has 4 rings (SSSR count). The molecule has 210 valence electrons. The molecule has 0 fully saturated rings. The number of nitrogens with one attached hydrogen (secondary N) is 4. The molecule has 1 aliphatic carbocycles. The van der Waals surface area contributed by atoms with Gasteiger partial charge in [-0.15, -0.1) is 0 Å². The number of aromatic nitrogens is 3. The lowest BCUT2D eigenvalue weighted by Gasteiger charge is -2.16.